The molecular weight excluding hydrogens is 464 g/mol. The smallest absolute Gasteiger partial charge is 0.264 e. The molecule has 0 bridgehead atoms. The molecular formula is C27H32N2O5S. The first-order valence-corrected chi connectivity index (χ1v) is 12.9. The van der Waals surface area contributed by atoms with Gasteiger partial charge in [0.15, 0.2) is 11.5 Å². The Kier molecular flexibility index (Phi) is 9.14. The number of methoxy groups -OCH3 is 2. The highest BCUT2D eigenvalue weighted by Gasteiger charge is 2.28. The van der Waals surface area contributed by atoms with Crippen LogP contribution in [0.15, 0.2) is 83.8 Å². The number of anilines is 1. The summed E-state index contributed by atoms with van der Waals surface area (Å²) in [6.07, 6.45) is 1.72. The second-order valence-corrected chi connectivity index (χ2v) is 9.99. The standard InChI is InChI=1S/C27H32N2O5S/c1-4-21(17-22-11-7-5-8-12-22)19-28-27(30)20-29(35(31,32)24-13-9-6-10-14-24)23-15-16-25(33-2)26(18-23)34-3/h5-16,18,21H,4,17,19-20H2,1-3H3,(H,28,30). The van der Waals surface area contributed by atoms with Crippen molar-refractivity contribution >= 4 is 21.6 Å². The predicted molar refractivity (Wildman–Crippen MR) is 137 cm³/mol. The van der Waals surface area contributed by atoms with E-state index in [1.807, 2.05) is 18.2 Å². The summed E-state index contributed by atoms with van der Waals surface area (Å²) in [4.78, 5) is 13.1. The Morgan fingerprint density at radius 1 is 0.914 bits per heavy atom. The molecule has 186 valence electrons. The van der Waals surface area contributed by atoms with Crippen LogP contribution in [0.4, 0.5) is 5.69 Å². The fourth-order valence-corrected chi connectivity index (χ4v) is 5.20. The second-order valence-electron chi connectivity index (χ2n) is 8.13. The van der Waals surface area contributed by atoms with Crippen LogP contribution in [0.5, 0.6) is 11.5 Å². The number of ether oxygens (including phenoxy) is 2. The normalized spacial score (nSPS) is 12.0. The first kappa shape index (κ1) is 26.1. The summed E-state index contributed by atoms with van der Waals surface area (Å²) in [5.74, 6) is 0.685. The SMILES string of the molecule is CCC(CNC(=O)CN(c1ccc(OC)c(OC)c1)S(=O)(=O)c1ccccc1)Cc1ccccc1. The lowest BCUT2D eigenvalue weighted by atomic mass is 9.97. The summed E-state index contributed by atoms with van der Waals surface area (Å²) in [6, 6.07) is 22.9. The van der Waals surface area contributed by atoms with Crippen molar-refractivity contribution in [3.05, 3.63) is 84.4 Å². The maximum absolute atomic E-state index is 13.5. The molecule has 0 saturated heterocycles. The molecule has 0 aromatic heterocycles. The van der Waals surface area contributed by atoms with E-state index in [1.165, 1.54) is 31.9 Å². The van der Waals surface area contributed by atoms with Gasteiger partial charge in [0.05, 0.1) is 24.8 Å². The topological polar surface area (TPSA) is 84.9 Å². The molecule has 1 unspecified atom stereocenters. The van der Waals surface area contributed by atoms with Gasteiger partial charge in [0.2, 0.25) is 5.91 Å². The van der Waals surface area contributed by atoms with E-state index in [-0.39, 0.29) is 23.3 Å². The fraction of sp³-hybridized carbons (Fsp3) is 0.296. The molecule has 0 saturated carbocycles. The van der Waals surface area contributed by atoms with Gasteiger partial charge >= 0.3 is 0 Å². The lowest BCUT2D eigenvalue weighted by molar-refractivity contribution is -0.119. The quantitative estimate of drug-likeness (QED) is 0.405. The van der Waals surface area contributed by atoms with E-state index in [9.17, 15) is 13.2 Å². The van der Waals surface area contributed by atoms with Crippen molar-refractivity contribution < 1.29 is 22.7 Å². The van der Waals surface area contributed by atoms with Gasteiger partial charge in [-0.15, -0.1) is 0 Å². The Morgan fingerprint density at radius 3 is 2.14 bits per heavy atom. The number of nitrogens with one attached hydrogen (secondary N) is 1. The lowest BCUT2D eigenvalue weighted by Gasteiger charge is -2.25. The molecule has 0 aliphatic carbocycles. The van der Waals surface area contributed by atoms with Crippen LogP contribution >= 0.6 is 0 Å². The third-order valence-electron chi connectivity index (χ3n) is 5.81. The van der Waals surface area contributed by atoms with Gasteiger partial charge in [-0.05, 0) is 42.2 Å². The van der Waals surface area contributed by atoms with Crippen LogP contribution in [0, 0.1) is 5.92 Å². The third-order valence-corrected chi connectivity index (χ3v) is 7.59. The van der Waals surface area contributed by atoms with Crippen LogP contribution in [-0.2, 0) is 21.2 Å². The summed E-state index contributed by atoms with van der Waals surface area (Å²) in [5, 5.41) is 2.93. The molecule has 3 aromatic carbocycles. The van der Waals surface area contributed by atoms with Crippen molar-refractivity contribution in [2.45, 2.75) is 24.7 Å². The number of carbonyl (C=O) groups is 1. The Labute approximate surface area is 207 Å². The fourth-order valence-electron chi connectivity index (χ4n) is 3.77. The van der Waals surface area contributed by atoms with Crippen LogP contribution in [-0.4, -0.2) is 41.6 Å². The highest BCUT2D eigenvalue weighted by atomic mass is 32.2. The average molecular weight is 497 g/mol. The molecule has 1 amide bonds. The van der Waals surface area contributed by atoms with Gasteiger partial charge in [0, 0.05) is 12.6 Å². The van der Waals surface area contributed by atoms with Crippen LogP contribution < -0.4 is 19.1 Å². The van der Waals surface area contributed by atoms with Crippen molar-refractivity contribution in [2.24, 2.45) is 5.92 Å². The third kappa shape index (κ3) is 6.76. The van der Waals surface area contributed by atoms with Crippen molar-refractivity contribution in [1.29, 1.82) is 0 Å². The summed E-state index contributed by atoms with van der Waals surface area (Å²) >= 11 is 0. The molecule has 0 fully saturated rings. The molecule has 0 aliphatic rings. The molecule has 7 nitrogen and oxygen atoms in total. The van der Waals surface area contributed by atoms with E-state index in [1.54, 1.807) is 36.4 Å². The number of hydrogen-bond acceptors (Lipinski definition) is 5. The van der Waals surface area contributed by atoms with Gasteiger partial charge in [0.1, 0.15) is 6.54 Å². The monoisotopic (exact) mass is 496 g/mol. The minimum absolute atomic E-state index is 0.0955. The van der Waals surface area contributed by atoms with Gasteiger partial charge in [-0.3, -0.25) is 9.10 Å². The maximum atomic E-state index is 13.5. The van der Waals surface area contributed by atoms with Crippen LogP contribution in [0.1, 0.15) is 18.9 Å². The number of benzene rings is 3. The molecule has 3 rings (SSSR count). The number of sulfonamides is 1. The Bertz CT molecular complexity index is 1200. The summed E-state index contributed by atoms with van der Waals surface area (Å²) in [5.41, 5.74) is 1.50. The molecule has 8 heteroatoms. The zero-order valence-corrected chi connectivity index (χ0v) is 21.1. The Balaban J connectivity index is 1.82. The lowest BCUT2D eigenvalue weighted by Crippen LogP contribution is -2.42. The largest absolute Gasteiger partial charge is 0.493 e. The van der Waals surface area contributed by atoms with Crippen LogP contribution in [0.2, 0.25) is 0 Å². The molecule has 0 aliphatic heterocycles. The van der Waals surface area contributed by atoms with E-state index < -0.39 is 10.0 Å². The number of hydrogen-bond donors (Lipinski definition) is 1. The van der Waals surface area contributed by atoms with Gasteiger partial charge in [-0.1, -0.05) is 61.9 Å². The predicted octanol–water partition coefficient (Wildman–Crippen LogP) is 4.28. The van der Waals surface area contributed by atoms with Crippen molar-refractivity contribution in [3.63, 3.8) is 0 Å². The second kappa shape index (κ2) is 12.3. The number of nitrogens with zero attached hydrogens (tertiary/aromatic N) is 1. The highest BCUT2D eigenvalue weighted by Crippen LogP contribution is 2.33. The van der Waals surface area contributed by atoms with E-state index in [0.717, 1.165) is 17.1 Å². The summed E-state index contributed by atoms with van der Waals surface area (Å²) < 4.78 is 38.8. The minimum atomic E-state index is -4.01. The molecule has 35 heavy (non-hydrogen) atoms. The van der Waals surface area contributed by atoms with E-state index in [2.05, 4.69) is 24.4 Å². The van der Waals surface area contributed by atoms with Crippen LogP contribution in [0.25, 0.3) is 0 Å². The van der Waals surface area contributed by atoms with Crippen molar-refractivity contribution in [3.8, 4) is 11.5 Å². The van der Waals surface area contributed by atoms with Crippen LogP contribution in [0.3, 0.4) is 0 Å². The highest BCUT2D eigenvalue weighted by molar-refractivity contribution is 7.92. The molecule has 0 spiro atoms. The van der Waals surface area contributed by atoms with Gasteiger partial charge in [-0.25, -0.2) is 8.42 Å². The van der Waals surface area contributed by atoms with E-state index in [4.69, 9.17) is 9.47 Å². The summed E-state index contributed by atoms with van der Waals surface area (Å²) in [7, 11) is -1.03. The Hall–Kier alpha value is -3.52. The van der Waals surface area contributed by atoms with E-state index in [0.29, 0.717) is 23.7 Å². The number of amides is 1. The number of rotatable bonds is 12. The maximum Gasteiger partial charge on any atom is 0.264 e. The zero-order valence-electron chi connectivity index (χ0n) is 20.3. The van der Waals surface area contributed by atoms with E-state index >= 15 is 0 Å². The van der Waals surface area contributed by atoms with Gasteiger partial charge in [0.25, 0.3) is 10.0 Å². The zero-order chi connectivity index (χ0) is 25.3. The first-order chi connectivity index (χ1) is 16.9. The molecule has 0 heterocycles. The summed E-state index contributed by atoms with van der Waals surface area (Å²) in [6.45, 7) is 2.17. The molecule has 1 atom stereocenters. The molecule has 1 N–H and O–H groups in total. The van der Waals surface area contributed by atoms with Crippen molar-refractivity contribution in [1.82, 2.24) is 5.32 Å². The Morgan fingerprint density at radius 2 is 1.54 bits per heavy atom. The average Bonchev–Trinajstić information content (AvgIpc) is 2.90. The first-order valence-electron chi connectivity index (χ1n) is 11.5. The number of carbonyl (C=O) groups excluding carboxylic acids is 1. The minimum Gasteiger partial charge on any atom is -0.493 e. The molecule has 0 radical (unpaired) electrons. The molecule has 3 aromatic rings. The van der Waals surface area contributed by atoms with Gasteiger partial charge in [-0.2, -0.15) is 0 Å². The van der Waals surface area contributed by atoms with Crippen molar-refractivity contribution in [2.75, 3.05) is 31.6 Å². The van der Waals surface area contributed by atoms with Gasteiger partial charge < -0.3 is 14.8 Å².